The zero-order chi connectivity index (χ0) is 9.19. The van der Waals surface area contributed by atoms with E-state index < -0.39 is 12.1 Å². The van der Waals surface area contributed by atoms with Crippen LogP contribution in [-0.2, 0) is 0 Å². The van der Waals surface area contributed by atoms with Gasteiger partial charge in [-0.3, -0.25) is 4.79 Å². The van der Waals surface area contributed by atoms with Crippen LogP contribution in [0.15, 0.2) is 10.8 Å². The predicted octanol–water partition coefficient (Wildman–Crippen LogP) is 2.46. The molecule has 0 radical (unpaired) electrons. The summed E-state index contributed by atoms with van der Waals surface area (Å²) in [5, 5.41) is 2.41. The topological polar surface area (TPSA) is 26.3 Å². The molecule has 0 fully saturated rings. The summed E-state index contributed by atoms with van der Waals surface area (Å²) in [4.78, 5) is 10.1. The molecule has 1 heterocycles. The lowest BCUT2D eigenvalue weighted by molar-refractivity contribution is -0.274. The first kappa shape index (κ1) is 9.05. The number of hydrogen-bond donors (Lipinski definition) is 0. The molecule has 0 aliphatic rings. The first-order valence-electron chi connectivity index (χ1n) is 2.80. The largest absolute Gasteiger partial charge is 0.573 e. The third-order valence-corrected chi connectivity index (χ3v) is 1.75. The van der Waals surface area contributed by atoms with Crippen LogP contribution >= 0.6 is 11.3 Å². The lowest BCUT2D eigenvalue weighted by Gasteiger charge is -2.06. The molecule has 0 N–H and O–H groups in total. The van der Waals surface area contributed by atoms with Gasteiger partial charge in [-0.25, -0.2) is 0 Å². The number of hydrogen-bond acceptors (Lipinski definition) is 3. The number of rotatable bonds is 2. The van der Waals surface area contributed by atoms with E-state index in [4.69, 9.17) is 0 Å². The van der Waals surface area contributed by atoms with E-state index in [2.05, 4.69) is 4.74 Å². The van der Waals surface area contributed by atoms with Crippen molar-refractivity contribution in [2.75, 3.05) is 0 Å². The number of carbonyl (C=O) groups is 1. The van der Waals surface area contributed by atoms with Crippen LogP contribution < -0.4 is 4.74 Å². The van der Waals surface area contributed by atoms with Crippen LogP contribution in [0.1, 0.15) is 10.4 Å². The maximum Gasteiger partial charge on any atom is 0.573 e. The Morgan fingerprint density at radius 1 is 1.42 bits per heavy atom. The Labute approximate surface area is 69.6 Å². The number of thiophene rings is 1. The van der Waals surface area contributed by atoms with Crippen LogP contribution in [0.4, 0.5) is 13.2 Å². The Morgan fingerprint density at radius 2 is 2.08 bits per heavy atom. The average molecular weight is 196 g/mol. The summed E-state index contributed by atoms with van der Waals surface area (Å²) in [7, 11) is 0. The van der Waals surface area contributed by atoms with E-state index in [-0.39, 0.29) is 5.56 Å². The lowest BCUT2D eigenvalue weighted by Crippen LogP contribution is -2.17. The summed E-state index contributed by atoms with van der Waals surface area (Å²) in [5.41, 5.74) is -0.0858. The van der Waals surface area contributed by atoms with Crippen molar-refractivity contribution in [1.82, 2.24) is 0 Å². The van der Waals surface area contributed by atoms with E-state index in [1.54, 1.807) is 0 Å². The third-order valence-electron chi connectivity index (χ3n) is 1.01. The summed E-state index contributed by atoms with van der Waals surface area (Å²) >= 11 is 0.975. The van der Waals surface area contributed by atoms with Crippen molar-refractivity contribution in [2.45, 2.75) is 6.36 Å². The number of halogens is 3. The van der Waals surface area contributed by atoms with Crippen LogP contribution in [0, 0.1) is 0 Å². The highest BCUT2D eigenvalue weighted by Gasteiger charge is 2.32. The van der Waals surface area contributed by atoms with E-state index in [1.165, 1.54) is 5.38 Å². The molecule has 0 bridgehead atoms. The van der Waals surface area contributed by atoms with Crippen LogP contribution in [0.25, 0.3) is 0 Å². The molecule has 0 aromatic carbocycles. The Bertz CT molecular complexity index is 279. The fourth-order valence-corrected chi connectivity index (χ4v) is 1.28. The molecule has 0 aliphatic heterocycles. The SMILES string of the molecule is O=Cc1cscc1OC(F)(F)F. The van der Waals surface area contributed by atoms with Gasteiger partial charge < -0.3 is 4.74 Å². The van der Waals surface area contributed by atoms with E-state index in [0.29, 0.717) is 6.29 Å². The van der Waals surface area contributed by atoms with E-state index in [0.717, 1.165) is 16.7 Å². The molecule has 0 atom stereocenters. The lowest BCUT2D eigenvalue weighted by atomic mass is 10.3. The highest BCUT2D eigenvalue weighted by atomic mass is 32.1. The van der Waals surface area contributed by atoms with Crippen molar-refractivity contribution in [1.29, 1.82) is 0 Å². The van der Waals surface area contributed by atoms with Crippen LogP contribution in [0.2, 0.25) is 0 Å². The van der Waals surface area contributed by atoms with Gasteiger partial charge in [0, 0.05) is 10.8 Å². The molecule has 6 heteroatoms. The van der Waals surface area contributed by atoms with Gasteiger partial charge in [0.15, 0.2) is 12.0 Å². The average Bonchev–Trinajstić information content (AvgIpc) is 2.31. The molecule has 2 nitrogen and oxygen atoms in total. The molecule has 0 amide bonds. The van der Waals surface area contributed by atoms with Gasteiger partial charge >= 0.3 is 6.36 Å². The Kier molecular flexibility index (Phi) is 2.37. The van der Waals surface area contributed by atoms with E-state index in [1.807, 2.05) is 0 Å². The zero-order valence-corrected chi connectivity index (χ0v) is 6.41. The minimum atomic E-state index is -4.74. The third kappa shape index (κ3) is 2.23. The maximum atomic E-state index is 11.6. The summed E-state index contributed by atoms with van der Waals surface area (Å²) in [6.45, 7) is 0. The second-order valence-corrected chi connectivity index (χ2v) is 2.60. The monoisotopic (exact) mass is 196 g/mol. The van der Waals surface area contributed by atoms with Crippen LogP contribution in [-0.4, -0.2) is 12.6 Å². The number of aldehydes is 1. The minimum Gasteiger partial charge on any atom is -0.404 e. The molecule has 1 aromatic heterocycles. The first-order valence-corrected chi connectivity index (χ1v) is 3.74. The second-order valence-electron chi connectivity index (χ2n) is 1.86. The molecule has 0 saturated heterocycles. The van der Waals surface area contributed by atoms with Gasteiger partial charge in [0.2, 0.25) is 0 Å². The Hall–Kier alpha value is -1.04. The molecule has 0 unspecified atom stereocenters. The van der Waals surface area contributed by atoms with Crippen molar-refractivity contribution < 1.29 is 22.7 Å². The standard InChI is InChI=1S/C6H3F3O2S/c7-6(8,9)11-5-3-12-2-4(5)1-10/h1-3H. The zero-order valence-electron chi connectivity index (χ0n) is 5.59. The molecule has 1 aromatic rings. The fraction of sp³-hybridized carbons (Fsp3) is 0.167. The molecule has 66 valence electrons. The molecule has 12 heavy (non-hydrogen) atoms. The van der Waals surface area contributed by atoms with Crippen molar-refractivity contribution in [3.8, 4) is 5.75 Å². The molecule has 0 saturated carbocycles. The summed E-state index contributed by atoms with van der Waals surface area (Å²) in [6.07, 6.45) is -4.42. The van der Waals surface area contributed by atoms with Crippen molar-refractivity contribution in [3.05, 3.63) is 16.3 Å². The number of ether oxygens (including phenoxy) is 1. The minimum absolute atomic E-state index is 0.0858. The normalized spacial score (nSPS) is 11.2. The van der Waals surface area contributed by atoms with Gasteiger partial charge in [-0.15, -0.1) is 24.5 Å². The highest BCUT2D eigenvalue weighted by molar-refractivity contribution is 7.08. The molecular weight excluding hydrogens is 193 g/mol. The van der Waals surface area contributed by atoms with Gasteiger partial charge in [-0.2, -0.15) is 0 Å². The summed E-state index contributed by atoms with van der Waals surface area (Å²) in [5.74, 6) is -0.442. The quantitative estimate of drug-likeness (QED) is 0.679. The van der Waals surface area contributed by atoms with Crippen LogP contribution in [0.3, 0.4) is 0 Å². The van der Waals surface area contributed by atoms with Gasteiger partial charge in [-0.1, -0.05) is 0 Å². The van der Waals surface area contributed by atoms with Crippen molar-refractivity contribution in [2.24, 2.45) is 0 Å². The number of carbonyl (C=O) groups excluding carboxylic acids is 1. The smallest absolute Gasteiger partial charge is 0.404 e. The Morgan fingerprint density at radius 3 is 2.58 bits per heavy atom. The summed E-state index contributed by atoms with van der Waals surface area (Å²) in [6, 6.07) is 0. The van der Waals surface area contributed by atoms with Crippen molar-refractivity contribution >= 4 is 17.6 Å². The van der Waals surface area contributed by atoms with Crippen molar-refractivity contribution in [3.63, 3.8) is 0 Å². The highest BCUT2D eigenvalue weighted by Crippen LogP contribution is 2.28. The molecule has 0 aliphatic carbocycles. The molecule has 1 rings (SSSR count). The fourth-order valence-electron chi connectivity index (χ4n) is 0.589. The van der Waals surface area contributed by atoms with Gasteiger partial charge in [0.25, 0.3) is 0 Å². The second kappa shape index (κ2) is 3.14. The van der Waals surface area contributed by atoms with E-state index >= 15 is 0 Å². The number of alkyl halides is 3. The van der Waals surface area contributed by atoms with Gasteiger partial charge in [0.1, 0.15) is 0 Å². The first-order chi connectivity index (χ1) is 5.53. The molecular formula is C6H3F3O2S. The van der Waals surface area contributed by atoms with Gasteiger partial charge in [-0.05, 0) is 0 Å². The van der Waals surface area contributed by atoms with Crippen LogP contribution in [0.5, 0.6) is 5.75 Å². The summed E-state index contributed by atoms with van der Waals surface area (Å²) < 4.78 is 38.3. The predicted molar refractivity (Wildman–Crippen MR) is 36.4 cm³/mol. The Balaban J connectivity index is 2.81. The van der Waals surface area contributed by atoms with E-state index in [9.17, 15) is 18.0 Å². The maximum absolute atomic E-state index is 11.6. The molecule has 0 spiro atoms. The van der Waals surface area contributed by atoms with Gasteiger partial charge in [0.05, 0.1) is 5.56 Å².